The van der Waals surface area contributed by atoms with Gasteiger partial charge in [0.15, 0.2) is 0 Å². The third-order valence-corrected chi connectivity index (χ3v) is 1.07. The Bertz CT molecular complexity index is 262. The van der Waals surface area contributed by atoms with Crippen LogP contribution >= 0.6 is 0 Å². The average Bonchev–Trinajstić information content (AvgIpc) is 1.88. The molecule has 1 heterocycles. The summed E-state index contributed by atoms with van der Waals surface area (Å²) >= 11 is 0. The standard InChI is InChI=1S/C8H6FN/c1-2-3-7-4-8(9)6-10-5-7/h1,4-6H,3H2. The number of terminal acetylenes is 1. The Hall–Kier alpha value is -1.36. The molecule has 1 nitrogen and oxygen atoms in total. The van der Waals surface area contributed by atoms with Gasteiger partial charge in [0.25, 0.3) is 0 Å². The highest BCUT2D eigenvalue weighted by atomic mass is 19.1. The van der Waals surface area contributed by atoms with E-state index in [9.17, 15) is 4.39 Å². The van der Waals surface area contributed by atoms with Gasteiger partial charge >= 0.3 is 0 Å². The van der Waals surface area contributed by atoms with Crippen molar-refractivity contribution < 1.29 is 4.39 Å². The van der Waals surface area contributed by atoms with Gasteiger partial charge in [-0.05, 0) is 11.6 Å². The second-order valence-electron chi connectivity index (χ2n) is 1.89. The minimum atomic E-state index is -0.340. The molecule has 1 rings (SSSR count). The minimum absolute atomic E-state index is 0.340. The van der Waals surface area contributed by atoms with E-state index in [2.05, 4.69) is 10.9 Å². The Morgan fingerprint density at radius 3 is 3.00 bits per heavy atom. The molecule has 10 heavy (non-hydrogen) atoms. The minimum Gasteiger partial charge on any atom is -0.261 e. The SMILES string of the molecule is C#CCc1cncc(F)c1. The molecule has 1 aromatic heterocycles. The normalized spacial score (nSPS) is 8.80. The lowest BCUT2D eigenvalue weighted by Gasteiger charge is -1.91. The van der Waals surface area contributed by atoms with Crippen LogP contribution in [0.5, 0.6) is 0 Å². The number of nitrogens with zero attached hydrogens (tertiary/aromatic N) is 1. The summed E-state index contributed by atoms with van der Waals surface area (Å²) < 4.78 is 12.4. The summed E-state index contributed by atoms with van der Waals surface area (Å²) in [5, 5.41) is 0. The molecule has 0 aliphatic rings. The lowest BCUT2D eigenvalue weighted by atomic mass is 10.2. The number of hydrogen-bond acceptors (Lipinski definition) is 1. The largest absolute Gasteiger partial charge is 0.261 e. The van der Waals surface area contributed by atoms with Crippen LogP contribution in [-0.4, -0.2) is 4.98 Å². The Kier molecular flexibility index (Phi) is 2.01. The maximum absolute atomic E-state index is 12.4. The molecule has 0 unspecified atom stereocenters. The molecule has 0 spiro atoms. The third-order valence-electron chi connectivity index (χ3n) is 1.07. The molecule has 0 fully saturated rings. The second kappa shape index (κ2) is 2.98. The fraction of sp³-hybridized carbons (Fsp3) is 0.125. The van der Waals surface area contributed by atoms with E-state index in [4.69, 9.17) is 6.42 Å². The van der Waals surface area contributed by atoms with E-state index < -0.39 is 0 Å². The molecule has 0 aromatic carbocycles. The number of pyridine rings is 1. The van der Waals surface area contributed by atoms with E-state index >= 15 is 0 Å². The molecule has 1 aromatic rings. The quantitative estimate of drug-likeness (QED) is 0.530. The van der Waals surface area contributed by atoms with Crippen LogP contribution in [0.25, 0.3) is 0 Å². The van der Waals surface area contributed by atoms with E-state index in [0.29, 0.717) is 6.42 Å². The molecule has 0 radical (unpaired) electrons. The fourth-order valence-corrected chi connectivity index (χ4v) is 0.670. The van der Waals surface area contributed by atoms with Crippen LogP contribution in [0.4, 0.5) is 4.39 Å². The molecule has 0 aliphatic heterocycles. The van der Waals surface area contributed by atoms with Gasteiger partial charge in [0.1, 0.15) is 5.82 Å². The van der Waals surface area contributed by atoms with Gasteiger partial charge < -0.3 is 0 Å². The number of aromatic nitrogens is 1. The van der Waals surface area contributed by atoms with Gasteiger partial charge in [-0.25, -0.2) is 4.39 Å². The topological polar surface area (TPSA) is 12.9 Å². The van der Waals surface area contributed by atoms with Crippen molar-refractivity contribution in [2.24, 2.45) is 0 Å². The lowest BCUT2D eigenvalue weighted by molar-refractivity contribution is 0.619. The first-order valence-corrected chi connectivity index (χ1v) is 2.86. The van der Waals surface area contributed by atoms with E-state index in [0.717, 1.165) is 11.8 Å². The molecule has 0 aliphatic carbocycles. The summed E-state index contributed by atoms with van der Waals surface area (Å²) in [6.07, 6.45) is 8.16. The van der Waals surface area contributed by atoms with Crippen molar-refractivity contribution in [3.05, 3.63) is 29.8 Å². The van der Waals surface area contributed by atoms with Crippen molar-refractivity contribution in [1.82, 2.24) is 4.98 Å². The molecular weight excluding hydrogens is 129 g/mol. The highest BCUT2D eigenvalue weighted by Gasteiger charge is 1.91. The van der Waals surface area contributed by atoms with Crippen LogP contribution in [0.2, 0.25) is 0 Å². The predicted octanol–water partition coefficient (Wildman–Crippen LogP) is 1.40. The summed E-state index contributed by atoms with van der Waals surface area (Å²) in [6, 6.07) is 1.38. The molecule has 0 N–H and O–H groups in total. The summed E-state index contributed by atoms with van der Waals surface area (Å²) in [5.74, 6) is 2.06. The van der Waals surface area contributed by atoms with Crippen molar-refractivity contribution in [2.45, 2.75) is 6.42 Å². The number of halogens is 1. The molecule has 0 bridgehead atoms. The predicted molar refractivity (Wildman–Crippen MR) is 36.7 cm³/mol. The average molecular weight is 135 g/mol. The van der Waals surface area contributed by atoms with Crippen molar-refractivity contribution in [3.63, 3.8) is 0 Å². The summed E-state index contributed by atoms with van der Waals surface area (Å²) in [5.41, 5.74) is 0.738. The van der Waals surface area contributed by atoms with Gasteiger partial charge in [0, 0.05) is 12.6 Å². The smallest absolute Gasteiger partial charge is 0.141 e. The van der Waals surface area contributed by atoms with Gasteiger partial charge in [-0.15, -0.1) is 12.3 Å². The van der Waals surface area contributed by atoms with Crippen LogP contribution in [0.1, 0.15) is 5.56 Å². The highest BCUT2D eigenvalue weighted by Crippen LogP contribution is 1.99. The molecule has 0 atom stereocenters. The maximum Gasteiger partial charge on any atom is 0.141 e. The summed E-state index contributed by atoms with van der Waals surface area (Å²) in [4.78, 5) is 3.63. The van der Waals surface area contributed by atoms with E-state index in [-0.39, 0.29) is 5.82 Å². The van der Waals surface area contributed by atoms with Gasteiger partial charge in [0.05, 0.1) is 6.20 Å². The molecule has 50 valence electrons. The Morgan fingerprint density at radius 2 is 2.40 bits per heavy atom. The van der Waals surface area contributed by atoms with Crippen LogP contribution in [0, 0.1) is 18.2 Å². The first-order chi connectivity index (χ1) is 4.83. The molecule has 0 amide bonds. The zero-order valence-corrected chi connectivity index (χ0v) is 5.34. The van der Waals surface area contributed by atoms with Crippen molar-refractivity contribution >= 4 is 0 Å². The van der Waals surface area contributed by atoms with Crippen LogP contribution in [-0.2, 0) is 6.42 Å². The van der Waals surface area contributed by atoms with E-state index in [1.54, 1.807) is 6.20 Å². The van der Waals surface area contributed by atoms with Crippen molar-refractivity contribution in [1.29, 1.82) is 0 Å². The zero-order chi connectivity index (χ0) is 7.40. The fourth-order valence-electron chi connectivity index (χ4n) is 0.670. The number of hydrogen-bond donors (Lipinski definition) is 0. The lowest BCUT2D eigenvalue weighted by Crippen LogP contribution is -1.84. The van der Waals surface area contributed by atoms with E-state index in [1.165, 1.54) is 6.07 Å². The Morgan fingerprint density at radius 1 is 1.60 bits per heavy atom. The van der Waals surface area contributed by atoms with Gasteiger partial charge in [-0.2, -0.15) is 0 Å². The van der Waals surface area contributed by atoms with Crippen molar-refractivity contribution in [2.75, 3.05) is 0 Å². The first-order valence-electron chi connectivity index (χ1n) is 2.86. The Labute approximate surface area is 58.9 Å². The van der Waals surface area contributed by atoms with Crippen LogP contribution in [0.15, 0.2) is 18.5 Å². The Balaban J connectivity index is 2.87. The molecule has 0 saturated carbocycles. The van der Waals surface area contributed by atoms with E-state index in [1.807, 2.05) is 0 Å². The second-order valence-corrected chi connectivity index (χ2v) is 1.89. The number of rotatable bonds is 1. The van der Waals surface area contributed by atoms with Gasteiger partial charge in [0.2, 0.25) is 0 Å². The van der Waals surface area contributed by atoms with Crippen LogP contribution in [0.3, 0.4) is 0 Å². The van der Waals surface area contributed by atoms with Gasteiger partial charge in [-0.3, -0.25) is 4.98 Å². The van der Waals surface area contributed by atoms with Crippen molar-refractivity contribution in [3.8, 4) is 12.3 Å². The summed E-state index contributed by atoms with van der Waals surface area (Å²) in [7, 11) is 0. The zero-order valence-electron chi connectivity index (χ0n) is 5.34. The third kappa shape index (κ3) is 1.56. The monoisotopic (exact) mass is 135 g/mol. The molecular formula is C8H6FN. The highest BCUT2D eigenvalue weighted by molar-refractivity contribution is 5.15. The molecule has 2 heteroatoms. The molecule has 0 saturated heterocycles. The van der Waals surface area contributed by atoms with Gasteiger partial charge in [-0.1, -0.05) is 0 Å². The van der Waals surface area contributed by atoms with Crippen LogP contribution < -0.4 is 0 Å². The maximum atomic E-state index is 12.4. The summed E-state index contributed by atoms with van der Waals surface area (Å²) in [6.45, 7) is 0. The first kappa shape index (κ1) is 6.76.